The van der Waals surface area contributed by atoms with Gasteiger partial charge in [-0.25, -0.2) is 0 Å². The molecule has 0 atom stereocenters. The van der Waals surface area contributed by atoms with E-state index in [9.17, 15) is 9.90 Å². The van der Waals surface area contributed by atoms with Crippen molar-refractivity contribution >= 4 is 5.91 Å². The molecule has 0 spiro atoms. The first kappa shape index (κ1) is 11.0. The van der Waals surface area contributed by atoms with Crippen molar-refractivity contribution in [3.63, 3.8) is 0 Å². The summed E-state index contributed by atoms with van der Waals surface area (Å²) in [5.74, 6) is -0.0675. The largest absolute Gasteiger partial charge is 1.00 e. The van der Waals surface area contributed by atoms with Crippen LogP contribution in [0.25, 0.3) is 0 Å². The van der Waals surface area contributed by atoms with E-state index >= 15 is 0 Å². The zero-order valence-corrected chi connectivity index (χ0v) is 6.71. The Hall–Kier alpha value is -0.0126. The normalized spacial score (nSPS) is 17.9. The first-order valence-electron chi connectivity index (χ1n) is 3.28. The summed E-state index contributed by atoms with van der Waals surface area (Å²) in [4.78, 5) is 12.4. The van der Waals surface area contributed by atoms with Gasteiger partial charge in [0.15, 0.2) is 0 Å². The third-order valence-corrected chi connectivity index (χ3v) is 1.44. The molecule has 0 bridgehead atoms. The number of morpholine rings is 1. The summed E-state index contributed by atoms with van der Waals surface area (Å²) in [6, 6.07) is 0. The minimum Gasteiger partial charge on any atom is -0.853 e. The molecule has 58 valence electrons. The maximum atomic E-state index is 10.8. The van der Waals surface area contributed by atoms with Crippen molar-refractivity contribution in [1.82, 2.24) is 4.90 Å². The summed E-state index contributed by atoms with van der Waals surface area (Å²) in [7, 11) is 0. The fraction of sp³-hybridized carbons (Fsp3) is 0.833. The van der Waals surface area contributed by atoms with Gasteiger partial charge in [-0.1, -0.05) is 0 Å². The number of hydrogen-bond donors (Lipinski definition) is 0. The van der Waals surface area contributed by atoms with Gasteiger partial charge in [-0.2, -0.15) is 0 Å². The van der Waals surface area contributed by atoms with Crippen LogP contribution in [0.15, 0.2) is 0 Å². The monoisotopic (exact) mass is 151 g/mol. The van der Waals surface area contributed by atoms with Gasteiger partial charge < -0.3 is 14.7 Å². The van der Waals surface area contributed by atoms with Crippen molar-refractivity contribution in [2.45, 2.75) is 0 Å². The molecule has 1 aliphatic heterocycles. The molecular formula is C6H10LiNO3. The minimum atomic E-state index is -0.217. The van der Waals surface area contributed by atoms with Gasteiger partial charge in [-0.15, -0.1) is 6.61 Å². The summed E-state index contributed by atoms with van der Waals surface area (Å²) < 4.78 is 4.87. The van der Waals surface area contributed by atoms with Crippen LogP contribution in [0.4, 0.5) is 0 Å². The van der Waals surface area contributed by atoms with E-state index in [-0.39, 0.29) is 38.0 Å². The van der Waals surface area contributed by atoms with Crippen LogP contribution in [0, 0.1) is 0 Å². The maximum absolute atomic E-state index is 10.8. The van der Waals surface area contributed by atoms with E-state index in [0.29, 0.717) is 19.7 Å². The van der Waals surface area contributed by atoms with E-state index < -0.39 is 0 Å². The van der Waals surface area contributed by atoms with E-state index in [4.69, 9.17) is 4.74 Å². The van der Waals surface area contributed by atoms with E-state index in [0.717, 1.165) is 0 Å². The molecule has 0 aromatic rings. The van der Waals surface area contributed by atoms with Crippen molar-refractivity contribution < 1.29 is 33.5 Å². The molecule has 1 fully saturated rings. The second-order valence-corrected chi connectivity index (χ2v) is 2.14. The molecule has 0 unspecified atom stereocenters. The molecule has 0 radical (unpaired) electrons. The zero-order valence-electron chi connectivity index (χ0n) is 6.71. The second-order valence-electron chi connectivity index (χ2n) is 2.14. The molecule has 1 aliphatic rings. The quantitative estimate of drug-likeness (QED) is 0.372. The zero-order chi connectivity index (χ0) is 7.40. The Kier molecular flexibility index (Phi) is 5.61. The molecule has 0 aliphatic carbocycles. The topological polar surface area (TPSA) is 52.6 Å². The number of nitrogens with zero attached hydrogens (tertiary/aromatic N) is 1. The summed E-state index contributed by atoms with van der Waals surface area (Å²) in [6.07, 6.45) is 0. The molecule has 1 saturated heterocycles. The molecule has 0 aromatic carbocycles. The maximum Gasteiger partial charge on any atom is 1.00 e. The van der Waals surface area contributed by atoms with E-state index in [1.165, 1.54) is 4.90 Å². The van der Waals surface area contributed by atoms with Gasteiger partial charge >= 0.3 is 18.9 Å². The van der Waals surface area contributed by atoms with Crippen LogP contribution in [0.5, 0.6) is 0 Å². The predicted molar refractivity (Wildman–Crippen MR) is 32.3 cm³/mol. The van der Waals surface area contributed by atoms with Crippen molar-refractivity contribution in [3.05, 3.63) is 0 Å². The molecule has 4 nitrogen and oxygen atoms in total. The Balaban J connectivity index is 0.000001000. The number of hydrogen-bond acceptors (Lipinski definition) is 3. The summed E-state index contributed by atoms with van der Waals surface area (Å²) in [5, 5.41) is 10.1. The molecule has 11 heavy (non-hydrogen) atoms. The van der Waals surface area contributed by atoms with E-state index in [1.807, 2.05) is 0 Å². The van der Waals surface area contributed by atoms with Crippen molar-refractivity contribution in [2.24, 2.45) is 0 Å². The molecule has 0 N–H and O–H groups in total. The van der Waals surface area contributed by atoms with Crippen molar-refractivity contribution in [1.29, 1.82) is 0 Å². The summed E-state index contributed by atoms with van der Waals surface area (Å²) in [6.45, 7) is 1.38. The Labute approximate surface area is 77.7 Å². The number of rotatable bonds is 2. The van der Waals surface area contributed by atoms with E-state index in [1.54, 1.807) is 0 Å². The van der Waals surface area contributed by atoms with Gasteiger partial charge in [0.25, 0.3) is 0 Å². The first-order valence-corrected chi connectivity index (χ1v) is 3.28. The average molecular weight is 151 g/mol. The van der Waals surface area contributed by atoms with Crippen LogP contribution >= 0.6 is 0 Å². The standard InChI is InChI=1S/C6H10NO3.Li/c8-3-1-7-2-4-10-5-6(7)9;/h1-5H2;/q-1;+1. The van der Waals surface area contributed by atoms with Crippen LogP contribution in [0.2, 0.25) is 0 Å². The third kappa shape index (κ3) is 3.26. The predicted octanol–water partition coefficient (Wildman–Crippen LogP) is -4.79. The summed E-state index contributed by atoms with van der Waals surface area (Å²) in [5.41, 5.74) is 0. The Morgan fingerprint density at radius 1 is 1.64 bits per heavy atom. The number of carbonyl (C=O) groups excluding carboxylic acids is 1. The molecule has 5 heteroatoms. The molecule has 0 saturated carbocycles. The van der Waals surface area contributed by atoms with Crippen molar-refractivity contribution in [2.75, 3.05) is 32.9 Å². The second kappa shape index (κ2) is 5.61. The number of amides is 1. The van der Waals surface area contributed by atoms with Crippen LogP contribution < -0.4 is 24.0 Å². The Morgan fingerprint density at radius 2 is 2.36 bits per heavy atom. The first-order chi connectivity index (χ1) is 4.84. The summed E-state index contributed by atoms with van der Waals surface area (Å²) >= 11 is 0. The minimum absolute atomic E-state index is 0. The van der Waals surface area contributed by atoms with Crippen molar-refractivity contribution in [3.8, 4) is 0 Å². The molecule has 1 heterocycles. The number of ether oxygens (including phenoxy) is 1. The fourth-order valence-corrected chi connectivity index (χ4v) is 0.897. The fourth-order valence-electron chi connectivity index (χ4n) is 0.897. The van der Waals surface area contributed by atoms with Gasteiger partial charge in [0.2, 0.25) is 5.91 Å². The van der Waals surface area contributed by atoms with Gasteiger partial charge in [0, 0.05) is 13.1 Å². The molecule has 1 rings (SSSR count). The Morgan fingerprint density at radius 3 is 2.91 bits per heavy atom. The van der Waals surface area contributed by atoms with Crippen LogP contribution in [0.3, 0.4) is 0 Å². The smallest absolute Gasteiger partial charge is 0.853 e. The van der Waals surface area contributed by atoms with Gasteiger partial charge in [0.1, 0.15) is 6.61 Å². The van der Waals surface area contributed by atoms with Gasteiger partial charge in [-0.05, 0) is 0 Å². The van der Waals surface area contributed by atoms with Crippen LogP contribution in [-0.4, -0.2) is 43.7 Å². The van der Waals surface area contributed by atoms with Gasteiger partial charge in [0.05, 0.1) is 6.61 Å². The van der Waals surface area contributed by atoms with Crippen LogP contribution in [-0.2, 0) is 9.53 Å². The van der Waals surface area contributed by atoms with Gasteiger partial charge in [-0.3, -0.25) is 4.79 Å². The third-order valence-electron chi connectivity index (χ3n) is 1.44. The van der Waals surface area contributed by atoms with E-state index in [2.05, 4.69) is 0 Å². The molecule has 0 aromatic heterocycles. The number of carbonyl (C=O) groups is 1. The Bertz CT molecular complexity index is 129. The average Bonchev–Trinajstić information content (AvgIpc) is 1.94. The SMILES string of the molecule is O=C1COCCN1CC[O-].[Li+]. The molecule has 1 amide bonds. The van der Waals surface area contributed by atoms with Crippen LogP contribution in [0.1, 0.15) is 0 Å². The molecular weight excluding hydrogens is 141 g/mol.